The van der Waals surface area contributed by atoms with Crippen molar-refractivity contribution in [3.8, 4) is 12.3 Å². The Bertz CT molecular complexity index is 718. The van der Waals surface area contributed by atoms with E-state index in [9.17, 15) is 9.59 Å². The summed E-state index contributed by atoms with van der Waals surface area (Å²) in [6.45, 7) is 17.2. The Labute approximate surface area is 184 Å². The number of hydrogen-bond donors (Lipinski definition) is 0. The largest absolute Gasteiger partial charge is 0.547 e. The van der Waals surface area contributed by atoms with Gasteiger partial charge in [-0.05, 0) is 48.9 Å². The van der Waals surface area contributed by atoms with E-state index in [0.717, 1.165) is 24.2 Å². The summed E-state index contributed by atoms with van der Waals surface area (Å²) >= 11 is 0. The third kappa shape index (κ3) is 5.11. The van der Waals surface area contributed by atoms with Gasteiger partial charge in [0.25, 0.3) is 0 Å². The van der Waals surface area contributed by atoms with Crippen molar-refractivity contribution < 1.29 is 23.5 Å². The van der Waals surface area contributed by atoms with Gasteiger partial charge in [-0.25, -0.2) is 0 Å². The molecule has 1 aliphatic rings. The molecular formula is C24H40O5Si. The van der Waals surface area contributed by atoms with Crippen LogP contribution in [0.15, 0.2) is 11.3 Å². The van der Waals surface area contributed by atoms with Crippen molar-refractivity contribution in [2.75, 3.05) is 14.2 Å². The summed E-state index contributed by atoms with van der Waals surface area (Å²) in [5.74, 6) is 1.65. The first-order chi connectivity index (χ1) is 13.6. The zero-order chi connectivity index (χ0) is 23.5. The van der Waals surface area contributed by atoms with Gasteiger partial charge in [0.2, 0.25) is 8.32 Å². The minimum Gasteiger partial charge on any atom is -0.547 e. The van der Waals surface area contributed by atoms with E-state index in [1.54, 1.807) is 0 Å². The smallest absolute Gasteiger partial charge is 0.324 e. The fraction of sp³-hybridized carbons (Fsp3) is 0.750. The van der Waals surface area contributed by atoms with Gasteiger partial charge in [-0.15, -0.1) is 12.3 Å². The number of hydrogen-bond acceptors (Lipinski definition) is 5. The highest BCUT2D eigenvalue weighted by atomic mass is 28.4. The molecule has 0 fully saturated rings. The van der Waals surface area contributed by atoms with Gasteiger partial charge in [0.1, 0.15) is 0 Å². The van der Waals surface area contributed by atoms with Crippen LogP contribution in [0.25, 0.3) is 0 Å². The molecule has 170 valence electrons. The lowest BCUT2D eigenvalue weighted by Gasteiger charge is -2.40. The van der Waals surface area contributed by atoms with Crippen LogP contribution in [0.2, 0.25) is 18.1 Å². The van der Waals surface area contributed by atoms with Gasteiger partial charge in [0, 0.05) is 18.8 Å². The van der Waals surface area contributed by atoms with Gasteiger partial charge in [-0.3, -0.25) is 9.59 Å². The highest BCUT2D eigenvalue weighted by molar-refractivity contribution is 6.74. The van der Waals surface area contributed by atoms with Crippen molar-refractivity contribution in [1.29, 1.82) is 0 Å². The Balaban J connectivity index is 3.75. The van der Waals surface area contributed by atoms with E-state index in [1.165, 1.54) is 14.2 Å². The predicted molar refractivity (Wildman–Crippen MR) is 122 cm³/mol. The van der Waals surface area contributed by atoms with Crippen LogP contribution in [0, 0.1) is 29.1 Å². The summed E-state index contributed by atoms with van der Waals surface area (Å²) in [4.78, 5) is 26.1. The Morgan fingerprint density at radius 1 is 1.17 bits per heavy atom. The van der Waals surface area contributed by atoms with Crippen molar-refractivity contribution >= 4 is 20.3 Å². The van der Waals surface area contributed by atoms with Crippen LogP contribution in [-0.2, 0) is 23.5 Å². The molecule has 0 heterocycles. The summed E-state index contributed by atoms with van der Waals surface area (Å²) in [5, 5.41) is 0.0260. The summed E-state index contributed by atoms with van der Waals surface area (Å²) in [5.41, 5.74) is -0.810. The third-order valence-electron chi connectivity index (χ3n) is 7.01. The van der Waals surface area contributed by atoms with Gasteiger partial charge >= 0.3 is 11.9 Å². The second kappa shape index (κ2) is 9.17. The van der Waals surface area contributed by atoms with Crippen molar-refractivity contribution in [2.45, 2.75) is 85.4 Å². The maximum atomic E-state index is 13.1. The second-order valence-corrected chi connectivity index (χ2v) is 15.4. The summed E-state index contributed by atoms with van der Waals surface area (Å²) in [6.07, 6.45) is 7.82. The monoisotopic (exact) mass is 436 g/mol. The molecule has 0 N–H and O–H groups in total. The molecule has 0 aromatic heterocycles. The number of ether oxygens (including phenoxy) is 2. The first-order valence-electron chi connectivity index (χ1n) is 10.6. The van der Waals surface area contributed by atoms with Crippen LogP contribution >= 0.6 is 0 Å². The summed E-state index contributed by atoms with van der Waals surface area (Å²) in [6, 6.07) is 0. The molecule has 1 aliphatic carbocycles. The van der Waals surface area contributed by atoms with Gasteiger partial charge in [-0.2, -0.15) is 0 Å². The van der Waals surface area contributed by atoms with Crippen LogP contribution in [0.5, 0.6) is 0 Å². The average molecular weight is 437 g/mol. The maximum absolute atomic E-state index is 13.1. The van der Waals surface area contributed by atoms with E-state index in [1.807, 2.05) is 6.92 Å². The average Bonchev–Trinajstić information content (AvgIpc) is 2.75. The zero-order valence-electron chi connectivity index (χ0n) is 20.5. The molecule has 0 aromatic rings. The predicted octanol–water partition coefficient (Wildman–Crippen LogP) is 5.46. The number of carbonyl (C=O) groups excluding carboxylic acids is 2. The highest BCUT2D eigenvalue weighted by Gasteiger charge is 2.57. The van der Waals surface area contributed by atoms with Gasteiger partial charge in [0.05, 0.1) is 20.0 Å². The first-order valence-corrected chi connectivity index (χ1v) is 13.5. The topological polar surface area (TPSA) is 61.8 Å². The van der Waals surface area contributed by atoms with Crippen molar-refractivity contribution in [2.24, 2.45) is 16.7 Å². The molecule has 0 bridgehead atoms. The van der Waals surface area contributed by atoms with Crippen LogP contribution in [0.3, 0.4) is 0 Å². The molecule has 0 aromatic carbocycles. The van der Waals surface area contributed by atoms with E-state index in [0.29, 0.717) is 6.42 Å². The number of methoxy groups -OCH3 is 2. The van der Waals surface area contributed by atoms with Gasteiger partial charge < -0.3 is 13.9 Å². The number of allylic oxidation sites excluding steroid dienone is 2. The Morgan fingerprint density at radius 3 is 2.07 bits per heavy atom. The van der Waals surface area contributed by atoms with E-state index in [4.69, 9.17) is 20.3 Å². The quantitative estimate of drug-likeness (QED) is 0.239. The fourth-order valence-electron chi connectivity index (χ4n) is 3.95. The highest BCUT2D eigenvalue weighted by Crippen LogP contribution is 2.51. The second-order valence-electron chi connectivity index (χ2n) is 10.7. The molecule has 0 amide bonds. The lowest BCUT2D eigenvalue weighted by molar-refractivity contribution is -0.173. The minimum atomic E-state index is -2.11. The Morgan fingerprint density at radius 2 is 1.67 bits per heavy atom. The molecule has 0 aliphatic heterocycles. The standard InChI is InChI=1S/C24H40O5Si/c1-12-14-24(20(25)27-8,21(26)28-9)18-16-23(6,7)15-13-19(17(18)2)29-30(10,11)22(3,4)5/h1,18H,13-16H2,2-11H3. The lowest BCUT2D eigenvalue weighted by atomic mass is 9.64. The lowest BCUT2D eigenvalue weighted by Crippen LogP contribution is -2.49. The van der Waals surface area contributed by atoms with Crippen LogP contribution < -0.4 is 0 Å². The first kappa shape index (κ1) is 26.3. The van der Waals surface area contributed by atoms with Crippen LogP contribution in [0.4, 0.5) is 0 Å². The molecule has 1 rings (SSSR count). The van der Waals surface area contributed by atoms with E-state index < -0.39 is 31.6 Å². The molecule has 1 unspecified atom stereocenters. The number of carbonyl (C=O) groups is 2. The molecule has 0 radical (unpaired) electrons. The van der Waals surface area contributed by atoms with Crippen molar-refractivity contribution in [3.63, 3.8) is 0 Å². The third-order valence-corrected chi connectivity index (χ3v) is 11.4. The molecule has 1 atom stereocenters. The van der Waals surface area contributed by atoms with E-state index in [2.05, 4.69) is 53.6 Å². The zero-order valence-corrected chi connectivity index (χ0v) is 21.5. The van der Waals surface area contributed by atoms with Gasteiger partial charge in [0.15, 0.2) is 5.41 Å². The minimum absolute atomic E-state index is 0.0260. The summed E-state index contributed by atoms with van der Waals surface area (Å²) < 4.78 is 16.9. The molecule has 6 heteroatoms. The molecule has 0 spiro atoms. The Hall–Kier alpha value is -1.74. The maximum Gasteiger partial charge on any atom is 0.324 e. The number of esters is 2. The molecule has 30 heavy (non-hydrogen) atoms. The number of terminal acetylenes is 1. The SMILES string of the molecule is C#CCC(C(=O)OC)(C(=O)OC)C1CC(C)(C)CCC(O[Si](C)(C)C(C)(C)C)=C1C. The van der Waals surface area contributed by atoms with Gasteiger partial charge in [-0.1, -0.05) is 34.6 Å². The molecule has 5 nitrogen and oxygen atoms in total. The van der Waals surface area contributed by atoms with E-state index >= 15 is 0 Å². The van der Waals surface area contributed by atoms with Crippen LogP contribution in [-0.4, -0.2) is 34.5 Å². The van der Waals surface area contributed by atoms with Crippen molar-refractivity contribution in [3.05, 3.63) is 11.3 Å². The molecule has 0 saturated heterocycles. The number of rotatable bonds is 6. The molecular weight excluding hydrogens is 396 g/mol. The van der Waals surface area contributed by atoms with Crippen LogP contribution in [0.1, 0.15) is 67.2 Å². The molecule has 0 saturated carbocycles. The summed E-state index contributed by atoms with van der Waals surface area (Å²) in [7, 11) is 0.453. The normalized spacial score (nSPS) is 20.1. The van der Waals surface area contributed by atoms with Crippen molar-refractivity contribution in [1.82, 2.24) is 0 Å². The fourth-order valence-corrected chi connectivity index (χ4v) is 5.13. The van der Waals surface area contributed by atoms with E-state index in [-0.39, 0.29) is 16.9 Å². The Kier molecular flexibility index (Phi) is 8.04.